The third kappa shape index (κ3) is 4.19. The Morgan fingerprint density at radius 2 is 1.94 bits per heavy atom. The predicted molar refractivity (Wildman–Crippen MR) is 125 cm³/mol. The molecule has 3 aromatic heterocycles. The molecule has 0 bridgehead atoms. The fourth-order valence-corrected chi connectivity index (χ4v) is 8.02. The van der Waals surface area contributed by atoms with Crippen LogP contribution in [0.25, 0.3) is 16.6 Å². The summed E-state index contributed by atoms with van der Waals surface area (Å²) in [5, 5.41) is 7.88. The quantitative estimate of drug-likeness (QED) is 0.502. The van der Waals surface area contributed by atoms with Crippen molar-refractivity contribution in [1.29, 1.82) is 0 Å². The number of aromatic nitrogens is 1. The fourth-order valence-electron chi connectivity index (χ4n) is 4.41. The van der Waals surface area contributed by atoms with Gasteiger partial charge in [0.1, 0.15) is 16.2 Å². The van der Waals surface area contributed by atoms with Crippen molar-refractivity contribution in [2.24, 2.45) is 5.41 Å². The third-order valence-corrected chi connectivity index (χ3v) is 10.5. The zero-order chi connectivity index (χ0) is 22.2. The summed E-state index contributed by atoms with van der Waals surface area (Å²) in [5.74, 6) is 0.0208. The van der Waals surface area contributed by atoms with Crippen molar-refractivity contribution in [3.63, 3.8) is 0 Å². The monoisotopic (exact) mass is 489 g/mol. The molecular weight excluding hydrogens is 466 g/mol. The highest BCUT2D eigenvalue weighted by molar-refractivity contribution is 7.91. The Balaban J connectivity index is 1.21. The van der Waals surface area contributed by atoms with Gasteiger partial charge >= 0.3 is 0 Å². The van der Waals surface area contributed by atoms with Crippen LogP contribution in [0.2, 0.25) is 0 Å². The van der Waals surface area contributed by atoms with E-state index in [2.05, 4.69) is 5.16 Å². The van der Waals surface area contributed by atoms with E-state index in [-0.39, 0.29) is 11.3 Å². The maximum absolute atomic E-state index is 13.2. The lowest BCUT2D eigenvalue weighted by atomic mass is 9.78. The van der Waals surface area contributed by atoms with Crippen molar-refractivity contribution in [3.05, 3.63) is 52.9 Å². The number of likely N-dealkylation sites (tertiary alicyclic amines) is 1. The molecule has 2 saturated heterocycles. The average molecular weight is 490 g/mol. The van der Waals surface area contributed by atoms with Gasteiger partial charge in [0.25, 0.3) is 10.0 Å². The molecule has 10 heteroatoms. The van der Waals surface area contributed by atoms with Crippen LogP contribution in [-0.2, 0) is 14.8 Å². The van der Waals surface area contributed by atoms with Gasteiger partial charge in [-0.1, -0.05) is 5.16 Å². The molecule has 7 nitrogen and oxygen atoms in total. The second-order valence-corrected chi connectivity index (χ2v) is 12.3. The molecule has 5 rings (SSSR count). The number of hydrogen-bond donors (Lipinski definition) is 0. The van der Waals surface area contributed by atoms with Crippen LogP contribution in [0.15, 0.2) is 56.1 Å². The van der Waals surface area contributed by atoms with E-state index in [9.17, 15) is 13.2 Å². The molecule has 0 N–H and O–H groups in total. The normalized spacial score (nSPS) is 19.3. The number of carbonyl (C=O) groups is 1. The van der Waals surface area contributed by atoms with E-state index in [1.165, 1.54) is 17.6 Å². The summed E-state index contributed by atoms with van der Waals surface area (Å²) in [5.41, 5.74) is 1.63. The molecule has 2 aliphatic heterocycles. The summed E-state index contributed by atoms with van der Waals surface area (Å²) in [6.45, 7) is 2.36. The summed E-state index contributed by atoms with van der Waals surface area (Å²) in [7, 11) is -3.55. The van der Waals surface area contributed by atoms with Gasteiger partial charge in [0, 0.05) is 38.3 Å². The maximum Gasteiger partial charge on any atom is 0.252 e. The van der Waals surface area contributed by atoms with Gasteiger partial charge in [-0.05, 0) is 65.3 Å². The molecule has 0 unspecified atom stereocenters. The minimum Gasteiger partial charge on any atom is -0.364 e. The van der Waals surface area contributed by atoms with Crippen LogP contribution in [-0.4, -0.2) is 54.9 Å². The lowest BCUT2D eigenvalue weighted by Crippen LogP contribution is -2.44. The number of thiophene rings is 2. The van der Waals surface area contributed by atoms with E-state index < -0.39 is 10.0 Å². The molecule has 0 atom stereocenters. The van der Waals surface area contributed by atoms with Gasteiger partial charge in [0.15, 0.2) is 0 Å². The van der Waals surface area contributed by atoms with Gasteiger partial charge in [-0.3, -0.25) is 4.79 Å². The summed E-state index contributed by atoms with van der Waals surface area (Å²) >= 11 is 2.82. The number of hydrogen-bond acceptors (Lipinski definition) is 7. The van der Waals surface area contributed by atoms with Gasteiger partial charge in [-0.25, -0.2) is 8.42 Å². The van der Waals surface area contributed by atoms with Crippen LogP contribution in [0.5, 0.6) is 0 Å². The van der Waals surface area contributed by atoms with E-state index in [0.29, 0.717) is 36.1 Å². The fraction of sp³-hybridized carbons (Fsp3) is 0.364. The van der Waals surface area contributed by atoms with E-state index in [0.717, 1.165) is 29.7 Å². The van der Waals surface area contributed by atoms with E-state index in [1.54, 1.807) is 39.9 Å². The van der Waals surface area contributed by atoms with E-state index in [1.807, 2.05) is 27.8 Å². The van der Waals surface area contributed by atoms with Crippen LogP contribution >= 0.6 is 22.7 Å². The zero-order valence-corrected chi connectivity index (χ0v) is 19.8. The second kappa shape index (κ2) is 8.58. The molecule has 0 aromatic carbocycles. The first-order valence-corrected chi connectivity index (χ1v) is 13.7. The minimum absolute atomic E-state index is 0.0208. The van der Waals surface area contributed by atoms with E-state index >= 15 is 0 Å². The lowest BCUT2D eigenvalue weighted by molar-refractivity contribution is -0.128. The molecule has 32 heavy (non-hydrogen) atoms. The van der Waals surface area contributed by atoms with Gasteiger partial charge in [0.2, 0.25) is 5.91 Å². The molecule has 1 spiro atoms. The summed E-state index contributed by atoms with van der Waals surface area (Å²) in [4.78, 5) is 15.2. The molecule has 0 aliphatic carbocycles. The molecule has 1 amide bonds. The Labute approximate surface area is 195 Å². The van der Waals surface area contributed by atoms with Crippen LogP contribution in [0, 0.1) is 5.41 Å². The van der Waals surface area contributed by atoms with Crippen molar-refractivity contribution in [2.75, 3.05) is 26.2 Å². The average Bonchev–Trinajstić information content (AvgIpc) is 3.59. The first-order valence-electron chi connectivity index (χ1n) is 10.5. The van der Waals surface area contributed by atoms with Crippen LogP contribution in [0.1, 0.15) is 24.8 Å². The number of sulfonamides is 1. The van der Waals surface area contributed by atoms with Gasteiger partial charge < -0.3 is 9.42 Å². The Morgan fingerprint density at radius 1 is 1.12 bits per heavy atom. The highest BCUT2D eigenvalue weighted by Crippen LogP contribution is 2.43. The van der Waals surface area contributed by atoms with Crippen molar-refractivity contribution >= 4 is 44.7 Å². The number of amides is 1. The Hall–Kier alpha value is -2.27. The number of nitrogens with zero attached hydrogens (tertiary/aromatic N) is 3. The lowest BCUT2D eigenvalue weighted by Gasteiger charge is -2.38. The maximum atomic E-state index is 13.2. The molecule has 3 aromatic rings. The first-order chi connectivity index (χ1) is 15.5. The predicted octanol–water partition coefficient (Wildman–Crippen LogP) is 4.18. The summed E-state index contributed by atoms with van der Waals surface area (Å²) in [6, 6.07) is 7.12. The van der Waals surface area contributed by atoms with Crippen LogP contribution < -0.4 is 0 Å². The largest absolute Gasteiger partial charge is 0.364 e. The molecule has 0 saturated carbocycles. The number of piperidine rings is 1. The molecule has 5 heterocycles. The highest BCUT2D eigenvalue weighted by atomic mass is 32.2. The number of rotatable bonds is 5. The summed E-state index contributed by atoms with van der Waals surface area (Å²) < 4.78 is 33.3. The van der Waals surface area contributed by atoms with Crippen molar-refractivity contribution in [1.82, 2.24) is 14.4 Å². The minimum atomic E-state index is -3.55. The molecule has 0 radical (unpaired) electrons. The SMILES string of the molecule is O=C(C=Cc1ccsc1)N1CCC2(CC1)CCN(S(=O)(=O)c1ccc(-c3ccon3)s1)C2. The highest BCUT2D eigenvalue weighted by Gasteiger charge is 2.45. The Bertz CT molecular complexity index is 1210. The Morgan fingerprint density at radius 3 is 2.66 bits per heavy atom. The first kappa shape index (κ1) is 21.6. The van der Waals surface area contributed by atoms with Gasteiger partial charge in [0.05, 0.1) is 4.88 Å². The van der Waals surface area contributed by atoms with Crippen molar-refractivity contribution < 1.29 is 17.7 Å². The van der Waals surface area contributed by atoms with Gasteiger partial charge in [-0.2, -0.15) is 15.6 Å². The molecule has 168 valence electrons. The molecular formula is C22H23N3O4S3. The standard InChI is InChI=1S/C22H23N3O4S3/c26-20(3-1-17-6-14-30-15-17)24-10-7-22(8-11-24)9-12-25(16-22)32(27,28)21-4-2-19(31-21)18-5-13-29-23-18/h1-6,13-15H,7-12,16H2. The van der Waals surface area contributed by atoms with Crippen molar-refractivity contribution in [2.45, 2.75) is 23.5 Å². The van der Waals surface area contributed by atoms with Crippen LogP contribution in [0.4, 0.5) is 0 Å². The number of carbonyl (C=O) groups excluding carboxylic acids is 1. The topological polar surface area (TPSA) is 83.7 Å². The van der Waals surface area contributed by atoms with Gasteiger partial charge in [-0.15, -0.1) is 11.3 Å². The Kier molecular flexibility index (Phi) is 5.79. The second-order valence-electron chi connectivity index (χ2n) is 8.31. The zero-order valence-electron chi connectivity index (χ0n) is 17.3. The van der Waals surface area contributed by atoms with Crippen molar-refractivity contribution in [3.8, 4) is 10.6 Å². The van der Waals surface area contributed by atoms with Crippen LogP contribution in [0.3, 0.4) is 0 Å². The third-order valence-electron chi connectivity index (χ3n) is 6.37. The molecule has 2 aliphatic rings. The summed E-state index contributed by atoms with van der Waals surface area (Å²) in [6.07, 6.45) is 7.44. The smallest absolute Gasteiger partial charge is 0.252 e. The van der Waals surface area contributed by atoms with E-state index in [4.69, 9.17) is 4.52 Å². The molecule has 2 fully saturated rings.